The molecule has 2 rings (SSSR count). The van der Waals surface area contributed by atoms with Crippen LogP contribution in [0.3, 0.4) is 0 Å². The topological polar surface area (TPSA) is 44.1 Å². The number of hydrogen-bond acceptors (Lipinski definition) is 3. The van der Waals surface area contributed by atoms with E-state index in [1.807, 2.05) is 0 Å². The molecule has 15 heavy (non-hydrogen) atoms. The minimum Gasteiger partial charge on any atom is -0.379 e. The zero-order chi connectivity index (χ0) is 10.8. The van der Waals surface area contributed by atoms with Crippen LogP contribution in [0.25, 0.3) is 0 Å². The number of methoxy groups -OCH3 is 1. The van der Waals surface area contributed by atoms with Gasteiger partial charge in [0.15, 0.2) is 0 Å². The average molecular weight is 320 g/mol. The van der Waals surface area contributed by atoms with Crippen molar-refractivity contribution in [3.05, 3.63) is 26.2 Å². The van der Waals surface area contributed by atoms with Crippen LogP contribution in [0.2, 0.25) is 0 Å². The fourth-order valence-corrected chi connectivity index (χ4v) is 2.50. The predicted molar refractivity (Wildman–Crippen MR) is 64.9 cm³/mol. The number of nitrogens with zero attached hydrogens (tertiary/aromatic N) is 2. The highest BCUT2D eigenvalue weighted by atomic mass is 127. The summed E-state index contributed by atoms with van der Waals surface area (Å²) in [5.41, 5.74) is -0.0316. The van der Waals surface area contributed by atoms with Crippen LogP contribution in [-0.2, 0) is 4.74 Å². The molecule has 0 bridgehead atoms. The van der Waals surface area contributed by atoms with Crippen molar-refractivity contribution < 1.29 is 4.74 Å². The first-order valence-corrected chi connectivity index (χ1v) is 6.07. The predicted octanol–water partition coefficient (Wildman–Crippen LogP) is 1.59. The number of aromatic nitrogens is 2. The zero-order valence-electron chi connectivity index (χ0n) is 8.52. The van der Waals surface area contributed by atoms with E-state index in [1.165, 1.54) is 0 Å². The van der Waals surface area contributed by atoms with Crippen LogP contribution in [0.5, 0.6) is 0 Å². The van der Waals surface area contributed by atoms with Gasteiger partial charge >= 0.3 is 0 Å². The molecule has 0 N–H and O–H groups in total. The van der Waals surface area contributed by atoms with E-state index in [-0.39, 0.29) is 17.7 Å². The van der Waals surface area contributed by atoms with Crippen LogP contribution in [0.15, 0.2) is 17.1 Å². The molecule has 1 fully saturated rings. The van der Waals surface area contributed by atoms with E-state index in [4.69, 9.17) is 4.74 Å². The summed E-state index contributed by atoms with van der Waals surface area (Å²) in [5, 5.41) is 4.17. The van der Waals surface area contributed by atoms with E-state index >= 15 is 0 Å². The molecule has 0 amide bonds. The quantitative estimate of drug-likeness (QED) is 0.778. The second-order valence-corrected chi connectivity index (χ2v) is 4.97. The van der Waals surface area contributed by atoms with Gasteiger partial charge in [-0.15, -0.1) is 0 Å². The molecule has 5 heteroatoms. The standard InChI is InChI=1S/C10H13IN2O2/c1-15-9-4-2-3-8(9)13-10(14)5-7(11)6-12-13/h5-6,8-9H,2-4H2,1H3. The number of rotatable bonds is 2. The molecular formula is C10H13IN2O2. The van der Waals surface area contributed by atoms with Gasteiger partial charge in [-0.3, -0.25) is 4.79 Å². The summed E-state index contributed by atoms with van der Waals surface area (Å²) in [6.07, 6.45) is 4.94. The molecule has 1 saturated carbocycles. The summed E-state index contributed by atoms with van der Waals surface area (Å²) >= 11 is 2.09. The molecule has 1 heterocycles. The van der Waals surface area contributed by atoms with E-state index in [2.05, 4.69) is 27.7 Å². The minimum absolute atomic E-state index is 0.0316. The van der Waals surface area contributed by atoms with Gasteiger partial charge in [0.1, 0.15) is 0 Å². The largest absolute Gasteiger partial charge is 0.379 e. The lowest BCUT2D eigenvalue weighted by atomic mass is 10.2. The molecule has 1 aliphatic rings. The van der Waals surface area contributed by atoms with E-state index < -0.39 is 0 Å². The lowest BCUT2D eigenvalue weighted by Gasteiger charge is -2.19. The Balaban J connectivity index is 2.33. The van der Waals surface area contributed by atoms with Gasteiger partial charge in [-0.05, 0) is 41.9 Å². The smallest absolute Gasteiger partial charge is 0.268 e. The molecule has 1 aromatic heterocycles. The Hall–Kier alpha value is -0.430. The summed E-state index contributed by atoms with van der Waals surface area (Å²) in [6.45, 7) is 0. The third-order valence-corrected chi connectivity index (χ3v) is 3.42. The van der Waals surface area contributed by atoms with Gasteiger partial charge < -0.3 is 4.74 Å². The second kappa shape index (κ2) is 4.61. The molecule has 4 nitrogen and oxygen atoms in total. The highest BCUT2D eigenvalue weighted by Crippen LogP contribution is 2.30. The first-order chi connectivity index (χ1) is 7.22. The van der Waals surface area contributed by atoms with Crippen molar-refractivity contribution in [2.45, 2.75) is 31.4 Å². The molecule has 2 unspecified atom stereocenters. The fraction of sp³-hybridized carbons (Fsp3) is 0.600. The molecule has 0 spiro atoms. The third-order valence-electron chi connectivity index (χ3n) is 2.83. The van der Waals surface area contributed by atoms with Gasteiger partial charge in [-0.25, -0.2) is 4.68 Å². The Morgan fingerprint density at radius 2 is 2.40 bits per heavy atom. The maximum atomic E-state index is 11.7. The first-order valence-electron chi connectivity index (χ1n) is 4.99. The Kier molecular flexibility index (Phi) is 3.40. The summed E-state index contributed by atoms with van der Waals surface area (Å²) < 4.78 is 7.80. The number of hydrogen-bond donors (Lipinski definition) is 0. The summed E-state index contributed by atoms with van der Waals surface area (Å²) in [6, 6.07) is 1.72. The van der Waals surface area contributed by atoms with Crippen LogP contribution in [-0.4, -0.2) is 23.0 Å². The first kappa shape index (κ1) is 11.1. The van der Waals surface area contributed by atoms with Crippen LogP contribution in [0.4, 0.5) is 0 Å². The average Bonchev–Trinajstić information content (AvgIpc) is 2.65. The van der Waals surface area contributed by atoms with E-state index in [9.17, 15) is 4.79 Å². The van der Waals surface area contributed by atoms with Crippen molar-refractivity contribution in [2.24, 2.45) is 0 Å². The van der Waals surface area contributed by atoms with Crippen molar-refractivity contribution in [1.82, 2.24) is 9.78 Å². The maximum absolute atomic E-state index is 11.7. The van der Waals surface area contributed by atoms with Gasteiger partial charge in [0.25, 0.3) is 5.56 Å². The highest BCUT2D eigenvalue weighted by Gasteiger charge is 2.29. The number of ether oxygens (including phenoxy) is 1. The fourth-order valence-electron chi connectivity index (χ4n) is 2.11. The van der Waals surface area contributed by atoms with Crippen molar-refractivity contribution in [3.8, 4) is 0 Å². The van der Waals surface area contributed by atoms with Crippen LogP contribution in [0, 0.1) is 3.57 Å². The second-order valence-electron chi connectivity index (χ2n) is 3.73. The van der Waals surface area contributed by atoms with Gasteiger partial charge in [-0.2, -0.15) is 5.10 Å². The van der Waals surface area contributed by atoms with Crippen LogP contribution < -0.4 is 5.56 Å². The molecule has 0 radical (unpaired) electrons. The Labute approximate surface area is 102 Å². The van der Waals surface area contributed by atoms with Crippen LogP contribution in [0.1, 0.15) is 25.3 Å². The zero-order valence-corrected chi connectivity index (χ0v) is 10.7. The number of halogens is 1. The molecule has 1 aromatic rings. The molecule has 0 aliphatic heterocycles. The molecular weight excluding hydrogens is 307 g/mol. The maximum Gasteiger partial charge on any atom is 0.268 e. The van der Waals surface area contributed by atoms with Gasteiger partial charge in [0, 0.05) is 16.7 Å². The Bertz CT molecular complexity index is 405. The molecule has 2 atom stereocenters. The van der Waals surface area contributed by atoms with Crippen molar-refractivity contribution in [1.29, 1.82) is 0 Å². The molecule has 82 valence electrons. The van der Waals surface area contributed by atoms with E-state index in [1.54, 1.807) is 24.1 Å². The monoisotopic (exact) mass is 320 g/mol. The lowest BCUT2D eigenvalue weighted by molar-refractivity contribution is 0.0690. The van der Waals surface area contributed by atoms with E-state index in [0.717, 1.165) is 22.8 Å². The molecule has 1 aliphatic carbocycles. The van der Waals surface area contributed by atoms with Crippen LogP contribution >= 0.6 is 22.6 Å². The highest BCUT2D eigenvalue weighted by molar-refractivity contribution is 14.1. The van der Waals surface area contributed by atoms with Gasteiger partial charge in [-0.1, -0.05) is 0 Å². The summed E-state index contributed by atoms with van der Waals surface area (Å²) in [5.74, 6) is 0. The molecule has 0 saturated heterocycles. The Morgan fingerprint density at radius 3 is 3.07 bits per heavy atom. The summed E-state index contributed by atoms with van der Waals surface area (Å²) in [7, 11) is 1.70. The third kappa shape index (κ3) is 2.23. The lowest BCUT2D eigenvalue weighted by Crippen LogP contribution is -2.31. The molecule has 0 aromatic carbocycles. The minimum atomic E-state index is -0.0316. The van der Waals surface area contributed by atoms with Crippen molar-refractivity contribution in [3.63, 3.8) is 0 Å². The summed E-state index contributed by atoms with van der Waals surface area (Å²) in [4.78, 5) is 11.7. The van der Waals surface area contributed by atoms with Crippen molar-refractivity contribution in [2.75, 3.05) is 7.11 Å². The van der Waals surface area contributed by atoms with Crippen molar-refractivity contribution >= 4 is 22.6 Å². The van der Waals surface area contributed by atoms with Gasteiger partial charge in [0.05, 0.1) is 18.3 Å². The SMILES string of the molecule is COC1CCCC1n1ncc(I)cc1=O. The Morgan fingerprint density at radius 1 is 1.60 bits per heavy atom. The normalized spacial score (nSPS) is 25.7. The van der Waals surface area contributed by atoms with Gasteiger partial charge in [0.2, 0.25) is 0 Å². The van der Waals surface area contributed by atoms with E-state index in [0.29, 0.717) is 0 Å².